The summed E-state index contributed by atoms with van der Waals surface area (Å²) in [5, 5.41) is 0. The van der Waals surface area contributed by atoms with Gasteiger partial charge in [-0.05, 0) is 37.3 Å². The second-order valence-electron chi connectivity index (χ2n) is 5.70. The van der Waals surface area contributed by atoms with E-state index in [-0.39, 0.29) is 15.9 Å². The molecule has 0 aliphatic carbocycles. The Bertz CT molecular complexity index is 1130. The summed E-state index contributed by atoms with van der Waals surface area (Å²) < 4.78 is 70.0. The van der Waals surface area contributed by atoms with Crippen LogP contribution < -0.4 is 0 Å². The van der Waals surface area contributed by atoms with Gasteiger partial charge in [0, 0.05) is 0 Å². The molecule has 1 aromatic carbocycles. The first kappa shape index (κ1) is 18.9. The minimum absolute atomic E-state index is 0.129. The van der Waals surface area contributed by atoms with Crippen molar-refractivity contribution in [2.75, 3.05) is 7.11 Å². The van der Waals surface area contributed by atoms with Crippen molar-refractivity contribution in [2.45, 2.75) is 18.0 Å². The van der Waals surface area contributed by atoms with E-state index in [1.54, 1.807) is 19.1 Å². The molecule has 0 amide bonds. The first-order valence-electron chi connectivity index (χ1n) is 7.56. The Morgan fingerprint density at radius 1 is 1.11 bits per heavy atom. The third-order valence-corrected chi connectivity index (χ3v) is 5.60. The van der Waals surface area contributed by atoms with E-state index in [1.165, 1.54) is 12.1 Å². The van der Waals surface area contributed by atoms with Gasteiger partial charge in [0.25, 0.3) is 10.0 Å². The van der Waals surface area contributed by atoms with Crippen LogP contribution in [0.3, 0.4) is 0 Å². The lowest BCUT2D eigenvalue weighted by Crippen LogP contribution is -2.19. The molecule has 2 heterocycles. The van der Waals surface area contributed by atoms with Crippen molar-refractivity contribution in [1.29, 1.82) is 0 Å². The van der Waals surface area contributed by atoms with E-state index in [4.69, 9.17) is 0 Å². The molecule has 142 valence electrons. The number of nitrogens with zero attached hydrogens (tertiary/aromatic N) is 2. The summed E-state index contributed by atoms with van der Waals surface area (Å²) in [6.45, 7) is 1.77. The minimum Gasteiger partial charge on any atom is -0.464 e. The predicted molar refractivity (Wildman–Crippen MR) is 89.8 cm³/mol. The average molecular weight is 398 g/mol. The number of carbonyl (C=O) groups is 1. The number of carbonyl (C=O) groups excluding carboxylic acids is 1. The lowest BCUT2D eigenvalue weighted by Gasteiger charge is -2.11. The molecular formula is C17H13F3N2O4S. The molecule has 0 aliphatic rings. The number of esters is 1. The Morgan fingerprint density at radius 3 is 2.30 bits per heavy atom. The van der Waals surface area contributed by atoms with Crippen LogP contribution in [0.4, 0.5) is 13.2 Å². The lowest BCUT2D eigenvalue weighted by molar-refractivity contribution is -0.140. The second kappa shape index (κ2) is 6.38. The molecule has 0 radical (unpaired) electrons. The number of fused-ring (bicyclic) bond motifs is 1. The zero-order valence-electron chi connectivity index (χ0n) is 14.1. The number of rotatable bonds is 3. The van der Waals surface area contributed by atoms with E-state index in [9.17, 15) is 26.4 Å². The van der Waals surface area contributed by atoms with Crippen molar-refractivity contribution in [2.24, 2.45) is 0 Å². The number of aromatic nitrogens is 2. The number of methoxy groups -OCH3 is 1. The maximum Gasteiger partial charge on any atom is 0.433 e. The minimum atomic E-state index is -4.71. The smallest absolute Gasteiger partial charge is 0.433 e. The molecule has 0 saturated heterocycles. The zero-order chi connectivity index (χ0) is 20.0. The predicted octanol–water partition coefficient (Wildman–Crippen LogP) is 3.39. The normalized spacial score (nSPS) is 12.3. The summed E-state index contributed by atoms with van der Waals surface area (Å²) in [5.41, 5.74) is -1.28. The Labute approximate surface area is 152 Å². The van der Waals surface area contributed by atoms with Gasteiger partial charge in [0.2, 0.25) is 0 Å². The Kier molecular flexibility index (Phi) is 4.46. The summed E-state index contributed by atoms with van der Waals surface area (Å²) in [7, 11) is -3.24. The van der Waals surface area contributed by atoms with Crippen molar-refractivity contribution in [3.8, 4) is 0 Å². The van der Waals surface area contributed by atoms with Crippen LogP contribution in [-0.2, 0) is 20.9 Å². The van der Waals surface area contributed by atoms with E-state index in [0.29, 0.717) is 10.0 Å². The summed E-state index contributed by atoms with van der Waals surface area (Å²) in [5.74, 6) is -1.02. The van der Waals surface area contributed by atoms with Gasteiger partial charge in [0.15, 0.2) is 0 Å². The summed E-state index contributed by atoms with van der Waals surface area (Å²) in [6, 6.07) is 8.40. The molecule has 6 nitrogen and oxygen atoms in total. The maximum absolute atomic E-state index is 13.0. The van der Waals surface area contributed by atoms with Crippen molar-refractivity contribution < 1.29 is 31.1 Å². The number of halogens is 3. The van der Waals surface area contributed by atoms with Crippen molar-refractivity contribution in [3.05, 3.63) is 59.4 Å². The van der Waals surface area contributed by atoms with Gasteiger partial charge in [-0.3, -0.25) is 0 Å². The Balaban J connectivity index is 2.32. The van der Waals surface area contributed by atoms with Gasteiger partial charge in [-0.25, -0.2) is 22.2 Å². The van der Waals surface area contributed by atoms with E-state index in [1.807, 2.05) is 0 Å². The highest BCUT2D eigenvalue weighted by molar-refractivity contribution is 7.90. The zero-order valence-corrected chi connectivity index (χ0v) is 14.9. The molecule has 0 fully saturated rings. The number of benzene rings is 1. The van der Waals surface area contributed by atoms with Gasteiger partial charge in [-0.2, -0.15) is 13.2 Å². The summed E-state index contributed by atoms with van der Waals surface area (Å²) >= 11 is 0. The van der Waals surface area contributed by atoms with Crippen molar-refractivity contribution >= 4 is 27.0 Å². The molecule has 3 rings (SSSR count). The number of aryl methyl sites for hydroxylation is 1. The van der Waals surface area contributed by atoms with E-state index >= 15 is 0 Å². The number of ether oxygens (including phenoxy) is 1. The highest BCUT2D eigenvalue weighted by Gasteiger charge is 2.34. The molecule has 0 saturated carbocycles. The molecule has 2 aromatic heterocycles. The van der Waals surface area contributed by atoms with Crippen molar-refractivity contribution in [1.82, 2.24) is 8.96 Å². The molecule has 0 N–H and O–H groups in total. The number of pyridine rings is 1. The fourth-order valence-electron chi connectivity index (χ4n) is 2.54. The van der Waals surface area contributed by atoms with E-state index in [2.05, 4.69) is 9.72 Å². The molecule has 0 atom stereocenters. The molecule has 27 heavy (non-hydrogen) atoms. The molecule has 0 bridgehead atoms. The van der Waals surface area contributed by atoms with Gasteiger partial charge >= 0.3 is 12.1 Å². The van der Waals surface area contributed by atoms with E-state index in [0.717, 1.165) is 24.8 Å². The van der Waals surface area contributed by atoms with Crippen LogP contribution in [-0.4, -0.2) is 30.5 Å². The first-order chi connectivity index (χ1) is 12.6. The third-order valence-electron chi connectivity index (χ3n) is 3.86. The summed E-state index contributed by atoms with van der Waals surface area (Å²) in [4.78, 5) is 15.4. The number of hydrogen-bond acceptors (Lipinski definition) is 5. The fraction of sp³-hybridized carbons (Fsp3) is 0.176. The van der Waals surface area contributed by atoms with Crippen LogP contribution in [0.5, 0.6) is 0 Å². The topological polar surface area (TPSA) is 78.3 Å². The van der Waals surface area contributed by atoms with Crippen LogP contribution in [0.25, 0.3) is 11.0 Å². The second-order valence-corrected chi connectivity index (χ2v) is 7.49. The average Bonchev–Trinajstić information content (AvgIpc) is 3.00. The van der Waals surface area contributed by atoms with Gasteiger partial charge in [-0.1, -0.05) is 17.7 Å². The first-order valence-corrected chi connectivity index (χ1v) is 9.00. The standard InChI is InChI=1S/C17H13F3N2O4S/c1-10-3-5-11(6-4-10)27(24,25)22-13-7-8-15(17(18,19)20)21-12(13)9-14(22)16(23)26-2/h3-9H,1-2H3. The van der Waals surface area contributed by atoms with Gasteiger partial charge in [-0.15, -0.1) is 0 Å². The molecule has 3 aromatic rings. The largest absolute Gasteiger partial charge is 0.464 e. The van der Waals surface area contributed by atoms with Crippen molar-refractivity contribution in [3.63, 3.8) is 0 Å². The fourth-order valence-corrected chi connectivity index (χ4v) is 4.03. The van der Waals surface area contributed by atoms with Gasteiger partial charge in [0.05, 0.1) is 23.0 Å². The van der Waals surface area contributed by atoms with Gasteiger partial charge < -0.3 is 4.74 Å². The highest BCUT2D eigenvalue weighted by Crippen LogP contribution is 2.31. The monoisotopic (exact) mass is 398 g/mol. The maximum atomic E-state index is 13.0. The molecule has 0 spiro atoms. The van der Waals surface area contributed by atoms with Crippen LogP contribution >= 0.6 is 0 Å². The molecule has 0 unspecified atom stereocenters. The summed E-state index contributed by atoms with van der Waals surface area (Å²) in [6.07, 6.45) is -4.71. The third kappa shape index (κ3) is 3.27. The molecular weight excluding hydrogens is 385 g/mol. The Morgan fingerprint density at radius 2 is 1.74 bits per heavy atom. The molecule has 0 aliphatic heterocycles. The number of hydrogen-bond donors (Lipinski definition) is 0. The SMILES string of the molecule is COC(=O)c1cc2nc(C(F)(F)F)ccc2n1S(=O)(=O)c1ccc(C)cc1. The highest BCUT2D eigenvalue weighted by atomic mass is 32.2. The van der Waals surface area contributed by atoms with Crippen LogP contribution in [0.2, 0.25) is 0 Å². The lowest BCUT2D eigenvalue weighted by atomic mass is 10.2. The van der Waals surface area contributed by atoms with Crippen LogP contribution in [0.1, 0.15) is 21.7 Å². The number of alkyl halides is 3. The van der Waals surface area contributed by atoms with Crippen LogP contribution in [0.15, 0.2) is 47.4 Å². The molecule has 10 heteroatoms. The van der Waals surface area contributed by atoms with Crippen LogP contribution in [0, 0.1) is 6.92 Å². The quantitative estimate of drug-likeness (QED) is 0.632. The Hall–Kier alpha value is -2.88. The van der Waals surface area contributed by atoms with Gasteiger partial charge in [0.1, 0.15) is 11.4 Å². The van der Waals surface area contributed by atoms with E-state index < -0.39 is 33.6 Å².